The van der Waals surface area contributed by atoms with Crippen LogP contribution in [0.15, 0.2) is 182 Å². The lowest BCUT2D eigenvalue weighted by molar-refractivity contribution is -0.660. The van der Waals surface area contributed by atoms with Gasteiger partial charge in [-0.15, -0.1) is 0 Å². The zero-order valence-corrected chi connectivity index (χ0v) is 60.7. The van der Waals surface area contributed by atoms with E-state index in [1.165, 1.54) is 116 Å². The Morgan fingerprint density at radius 2 is 0.635 bits per heavy atom. The summed E-state index contributed by atoms with van der Waals surface area (Å²) in [5, 5.41) is 7.71. The molecule has 0 aliphatic heterocycles. The van der Waals surface area contributed by atoms with Crippen LogP contribution in [0.25, 0.3) is 99.5 Å². The Hall–Kier alpha value is -8.79. The third-order valence-electron chi connectivity index (χ3n) is 24.7. The molecule has 0 unspecified atom stereocenters. The summed E-state index contributed by atoms with van der Waals surface area (Å²) >= 11 is 0. The molecule has 0 amide bonds. The highest BCUT2D eigenvalue weighted by atomic mass is 14.9. The molecule has 0 radical (unpaired) electrons. The van der Waals surface area contributed by atoms with Crippen LogP contribution in [0.4, 0.5) is 0 Å². The minimum Gasteiger partial charge on any atom is -0.201 e. The summed E-state index contributed by atoms with van der Waals surface area (Å²) in [7, 11) is 5.83. The Labute approximate surface area is 587 Å². The number of benzene rings is 9. The number of hydrogen-bond donors (Lipinski definition) is 0. The van der Waals surface area contributed by atoms with E-state index in [0.29, 0.717) is 16.7 Å². The summed E-state index contributed by atoms with van der Waals surface area (Å²) in [6, 6.07) is 59.8. The SMILES string of the molecule is [2H]C([2H])([2H])c1c[n+](C)c(-c2cc3c(cc2C)-c2c(ccc4ccccc24)C(C)(C)C3(C)C)cc1C.[2H]C([2H])([2H])c1c[n+](C)c(-c2cc3c(cc2C)-c2cc4ccccc4cc2C(C)(C)C3(C)C)cc1C.[2H]C([2H])([2H])c1c[n+](C)c(-c2ccc3c(c2C)C(C)(C)C(C)(C)c2c-3ccc3ccccc23)cc1C. The van der Waals surface area contributed by atoms with Gasteiger partial charge in [0.2, 0.25) is 17.1 Å². The second-order valence-electron chi connectivity index (χ2n) is 31.6. The second kappa shape index (κ2) is 22.9. The van der Waals surface area contributed by atoms with Crippen molar-refractivity contribution in [1.82, 2.24) is 0 Å². The van der Waals surface area contributed by atoms with Gasteiger partial charge in [0.15, 0.2) is 18.6 Å². The molecular formula is C93H102N3+3. The van der Waals surface area contributed by atoms with Gasteiger partial charge in [-0.3, -0.25) is 0 Å². The number of aromatic nitrogens is 3. The molecule has 3 heterocycles. The molecule has 96 heavy (non-hydrogen) atoms. The van der Waals surface area contributed by atoms with Gasteiger partial charge in [0.1, 0.15) is 21.1 Å². The molecule has 12 aromatic rings. The molecule has 3 aromatic heterocycles. The number of pyridine rings is 3. The Morgan fingerprint density at radius 3 is 1.16 bits per heavy atom. The second-order valence-corrected chi connectivity index (χ2v) is 31.6. The van der Waals surface area contributed by atoms with Crippen LogP contribution in [0.2, 0.25) is 0 Å². The topological polar surface area (TPSA) is 11.6 Å². The maximum Gasteiger partial charge on any atom is 0.212 e. The van der Waals surface area contributed by atoms with Crippen LogP contribution in [0.1, 0.15) is 179 Å². The number of hydrogen-bond acceptors (Lipinski definition) is 0. The fourth-order valence-corrected chi connectivity index (χ4v) is 16.7. The van der Waals surface area contributed by atoms with Gasteiger partial charge < -0.3 is 0 Å². The normalized spacial score (nSPS) is 17.8. The molecule has 3 nitrogen and oxygen atoms in total. The smallest absolute Gasteiger partial charge is 0.201 e. The summed E-state index contributed by atoms with van der Waals surface area (Å²) in [4.78, 5) is 0. The summed E-state index contributed by atoms with van der Waals surface area (Å²) in [5.74, 6) is 0. The van der Waals surface area contributed by atoms with E-state index in [4.69, 9.17) is 12.3 Å². The molecule has 15 rings (SSSR count). The first-order chi connectivity index (χ1) is 48.7. The standard InChI is InChI=1S/3C31H34N/c1-19-14-29(32(8)18-21(19)3)24-17-28-25(13-20(24)2)26-15-22-11-9-10-12-23(22)16-27(26)30(4,5)31(28,6)7;1-19-16-28(32(8)18-21(19)3)24-17-27-25(15-20(24)2)29-23-12-10-9-11-22(23)13-14-26(29)30(4,5)31(27,6)7;1-19-17-27(32(8)18-20(19)2)23-15-16-25-26-14-13-22-11-9-10-12-24(22)29(26)31(6,7)30(4,5)28(25)21(23)3/h3*9-18H,1-8H3/q3*+1/i2*3D3;2D3. The van der Waals surface area contributed by atoms with Crippen molar-refractivity contribution in [2.45, 2.75) is 178 Å². The summed E-state index contributed by atoms with van der Waals surface area (Å²) in [6.45, 7) is 34.2. The zero-order valence-electron chi connectivity index (χ0n) is 69.7. The molecule has 3 heteroatoms. The molecule has 3 aliphatic rings. The number of aryl methyl sites for hydroxylation is 11. The van der Waals surface area contributed by atoms with E-state index in [1.807, 2.05) is 73.8 Å². The summed E-state index contributed by atoms with van der Waals surface area (Å²) < 4.78 is 77.0. The zero-order chi connectivity index (χ0) is 76.5. The lowest BCUT2D eigenvalue weighted by Gasteiger charge is -2.49. The molecule has 0 fully saturated rings. The molecule has 9 aromatic carbocycles. The Morgan fingerprint density at radius 1 is 0.271 bits per heavy atom. The highest BCUT2D eigenvalue weighted by molar-refractivity contribution is 6.02. The Kier molecular flexibility index (Phi) is 13.2. The van der Waals surface area contributed by atoms with Crippen LogP contribution in [-0.2, 0) is 53.6 Å². The van der Waals surface area contributed by atoms with Crippen molar-refractivity contribution in [3.63, 3.8) is 0 Å². The molecule has 0 spiro atoms. The van der Waals surface area contributed by atoms with Gasteiger partial charge in [0, 0.05) is 69.3 Å². The number of nitrogens with zero attached hydrogens (tertiary/aromatic N) is 3. The van der Waals surface area contributed by atoms with Crippen molar-refractivity contribution in [1.29, 1.82) is 0 Å². The first-order valence-corrected chi connectivity index (χ1v) is 34.3. The summed E-state index contributed by atoms with van der Waals surface area (Å²) in [5.41, 5.74) is 29.4. The highest BCUT2D eigenvalue weighted by Gasteiger charge is 2.50. The first-order valence-electron chi connectivity index (χ1n) is 38.8. The van der Waals surface area contributed by atoms with Gasteiger partial charge in [0.25, 0.3) is 0 Å². The van der Waals surface area contributed by atoms with E-state index in [0.717, 1.165) is 50.5 Å². The predicted molar refractivity (Wildman–Crippen MR) is 409 cm³/mol. The number of fused-ring (bicyclic) bond motifs is 14. The van der Waals surface area contributed by atoms with Crippen molar-refractivity contribution in [3.05, 3.63) is 266 Å². The monoisotopic (exact) mass is 1270 g/mol. The molecule has 486 valence electrons. The lowest BCUT2D eigenvalue weighted by atomic mass is 9.54. The van der Waals surface area contributed by atoms with Crippen molar-refractivity contribution < 1.29 is 26.0 Å². The van der Waals surface area contributed by atoms with Crippen LogP contribution in [0.3, 0.4) is 0 Å². The molecule has 0 saturated carbocycles. The Bertz CT molecular complexity index is 5520. The van der Waals surface area contributed by atoms with E-state index in [1.54, 1.807) is 18.6 Å². The van der Waals surface area contributed by atoms with Crippen molar-refractivity contribution in [2.24, 2.45) is 21.1 Å². The first kappa shape index (κ1) is 55.4. The van der Waals surface area contributed by atoms with Crippen LogP contribution in [0.5, 0.6) is 0 Å². The maximum absolute atomic E-state index is 7.90. The van der Waals surface area contributed by atoms with Crippen molar-refractivity contribution in [2.75, 3.05) is 0 Å². The molecular weight excluding hydrogens is 1160 g/mol. The largest absolute Gasteiger partial charge is 0.212 e. The van der Waals surface area contributed by atoms with Gasteiger partial charge in [-0.1, -0.05) is 198 Å². The summed E-state index contributed by atoms with van der Waals surface area (Å²) in [6.07, 6.45) is 5.31. The van der Waals surface area contributed by atoms with E-state index < -0.39 is 20.6 Å². The van der Waals surface area contributed by atoms with E-state index in [9.17, 15) is 0 Å². The van der Waals surface area contributed by atoms with Crippen molar-refractivity contribution >= 4 is 32.3 Å². The third kappa shape index (κ3) is 9.97. The van der Waals surface area contributed by atoms with E-state index in [2.05, 4.69) is 249 Å². The minimum atomic E-state index is -2.12. The van der Waals surface area contributed by atoms with Gasteiger partial charge in [-0.2, -0.15) is 0 Å². The van der Waals surface area contributed by atoms with Gasteiger partial charge in [-0.25, -0.2) is 13.7 Å². The highest BCUT2D eigenvalue weighted by Crippen LogP contribution is 2.60. The third-order valence-corrected chi connectivity index (χ3v) is 24.7. The maximum atomic E-state index is 7.90. The average molecular weight is 1270 g/mol. The van der Waals surface area contributed by atoms with Crippen LogP contribution in [0, 0.1) is 62.1 Å². The van der Waals surface area contributed by atoms with Gasteiger partial charge in [0.05, 0.1) is 0 Å². The average Bonchev–Trinajstić information content (AvgIpc) is 0.709. The molecule has 0 saturated heterocycles. The molecule has 0 atom stereocenters. The van der Waals surface area contributed by atoms with Crippen LogP contribution in [-0.4, -0.2) is 0 Å². The fourth-order valence-electron chi connectivity index (χ4n) is 16.7. The lowest BCUT2D eigenvalue weighted by Crippen LogP contribution is -2.44. The predicted octanol–water partition coefficient (Wildman–Crippen LogP) is 22.5. The van der Waals surface area contributed by atoms with Crippen molar-refractivity contribution in [3.8, 4) is 67.2 Å². The fraction of sp³-hybridized carbons (Fsp3) is 0.323. The minimum absolute atomic E-state index is 0.0743. The molecule has 3 aliphatic carbocycles. The van der Waals surface area contributed by atoms with Gasteiger partial charge in [-0.05, 0) is 252 Å². The molecule has 0 bridgehead atoms. The quantitative estimate of drug-likeness (QED) is 0.156. The Balaban J connectivity index is 0.000000140. The van der Waals surface area contributed by atoms with E-state index >= 15 is 0 Å². The molecule has 0 N–H and O–H groups in total. The van der Waals surface area contributed by atoms with Crippen LogP contribution < -0.4 is 13.7 Å². The number of rotatable bonds is 3. The van der Waals surface area contributed by atoms with Gasteiger partial charge >= 0.3 is 0 Å². The van der Waals surface area contributed by atoms with E-state index in [-0.39, 0.29) is 32.5 Å². The van der Waals surface area contributed by atoms with Crippen LogP contribution >= 0.6 is 0 Å².